The first-order valence-corrected chi connectivity index (χ1v) is 6.65. The maximum absolute atomic E-state index is 9.18. The number of nitrogens with zero attached hydrogens (tertiary/aromatic N) is 3. The fourth-order valence-electron chi connectivity index (χ4n) is 2.49. The first-order chi connectivity index (χ1) is 8.70. The molecule has 0 spiro atoms. The second-order valence-electron chi connectivity index (χ2n) is 5.10. The molecule has 0 amide bonds. The standard InChI is InChI=1S/C15H21N3/c1-13-5-6-15(14(11-13)12-16)17(2)9-10-18-7-3-4-8-18/h5-6,11H,3-4,7-10H2,1-2H3. The minimum absolute atomic E-state index is 0.777. The molecule has 1 fully saturated rings. The van der Waals surface area contributed by atoms with Crippen molar-refractivity contribution < 1.29 is 0 Å². The maximum Gasteiger partial charge on any atom is 0.101 e. The van der Waals surface area contributed by atoms with Gasteiger partial charge in [-0.2, -0.15) is 5.26 Å². The van der Waals surface area contributed by atoms with E-state index in [1.165, 1.54) is 25.9 Å². The predicted molar refractivity (Wildman–Crippen MR) is 74.8 cm³/mol. The number of benzene rings is 1. The van der Waals surface area contributed by atoms with Crippen molar-refractivity contribution in [3.63, 3.8) is 0 Å². The number of anilines is 1. The van der Waals surface area contributed by atoms with Crippen molar-refractivity contribution in [1.82, 2.24) is 4.90 Å². The normalized spacial score (nSPS) is 15.6. The Balaban J connectivity index is 1.99. The first kappa shape index (κ1) is 12.9. The van der Waals surface area contributed by atoms with Gasteiger partial charge in [-0.05, 0) is 50.6 Å². The molecule has 0 unspecified atom stereocenters. The van der Waals surface area contributed by atoms with E-state index in [0.717, 1.165) is 29.9 Å². The van der Waals surface area contributed by atoms with Crippen molar-refractivity contribution in [1.29, 1.82) is 5.26 Å². The van der Waals surface area contributed by atoms with Crippen LogP contribution in [0.1, 0.15) is 24.0 Å². The highest BCUT2D eigenvalue weighted by Gasteiger charge is 2.13. The van der Waals surface area contributed by atoms with Crippen LogP contribution in [0.15, 0.2) is 18.2 Å². The molecule has 3 nitrogen and oxygen atoms in total. The zero-order valence-electron chi connectivity index (χ0n) is 11.3. The molecular weight excluding hydrogens is 222 g/mol. The number of likely N-dealkylation sites (N-methyl/N-ethyl adjacent to an activating group) is 1. The number of likely N-dealkylation sites (tertiary alicyclic amines) is 1. The summed E-state index contributed by atoms with van der Waals surface area (Å²) >= 11 is 0. The largest absolute Gasteiger partial charge is 0.372 e. The quantitative estimate of drug-likeness (QED) is 0.813. The van der Waals surface area contributed by atoms with E-state index in [4.69, 9.17) is 0 Å². The van der Waals surface area contributed by atoms with Gasteiger partial charge in [0.15, 0.2) is 0 Å². The molecule has 1 heterocycles. The second-order valence-corrected chi connectivity index (χ2v) is 5.10. The van der Waals surface area contributed by atoms with Crippen molar-refractivity contribution >= 4 is 5.69 Å². The summed E-state index contributed by atoms with van der Waals surface area (Å²) < 4.78 is 0. The lowest BCUT2D eigenvalue weighted by molar-refractivity contribution is 0.346. The Morgan fingerprint density at radius 3 is 2.72 bits per heavy atom. The van der Waals surface area contributed by atoms with Gasteiger partial charge < -0.3 is 9.80 Å². The van der Waals surface area contributed by atoms with E-state index in [1.807, 2.05) is 13.0 Å². The molecule has 0 N–H and O–H groups in total. The summed E-state index contributed by atoms with van der Waals surface area (Å²) in [6.07, 6.45) is 2.66. The SMILES string of the molecule is Cc1ccc(N(C)CCN2CCCC2)c(C#N)c1. The monoisotopic (exact) mass is 243 g/mol. The summed E-state index contributed by atoms with van der Waals surface area (Å²) in [5, 5.41) is 9.18. The van der Waals surface area contributed by atoms with Crippen LogP contribution in [-0.2, 0) is 0 Å². The molecule has 1 aromatic carbocycles. The van der Waals surface area contributed by atoms with E-state index in [9.17, 15) is 5.26 Å². The zero-order chi connectivity index (χ0) is 13.0. The predicted octanol–water partition coefficient (Wildman–Crippen LogP) is 2.40. The Hall–Kier alpha value is -1.53. The van der Waals surface area contributed by atoms with Crippen LogP contribution in [0.4, 0.5) is 5.69 Å². The van der Waals surface area contributed by atoms with Crippen LogP contribution >= 0.6 is 0 Å². The lowest BCUT2D eigenvalue weighted by atomic mass is 10.1. The number of aryl methyl sites for hydroxylation is 1. The summed E-state index contributed by atoms with van der Waals surface area (Å²) in [7, 11) is 2.07. The maximum atomic E-state index is 9.18. The summed E-state index contributed by atoms with van der Waals surface area (Å²) in [4.78, 5) is 4.69. The van der Waals surface area contributed by atoms with Gasteiger partial charge in [-0.1, -0.05) is 6.07 Å². The number of rotatable bonds is 4. The molecule has 96 valence electrons. The summed E-state index contributed by atoms with van der Waals surface area (Å²) in [5.41, 5.74) is 2.96. The van der Waals surface area contributed by atoms with Gasteiger partial charge in [-0.25, -0.2) is 0 Å². The van der Waals surface area contributed by atoms with Crippen LogP contribution in [-0.4, -0.2) is 38.1 Å². The summed E-state index contributed by atoms with van der Waals surface area (Å²) in [6.45, 7) is 6.56. The minimum Gasteiger partial charge on any atom is -0.372 e. The molecule has 2 rings (SSSR count). The van der Waals surface area contributed by atoms with Gasteiger partial charge in [0.05, 0.1) is 11.3 Å². The Kier molecular flexibility index (Phi) is 4.22. The third-order valence-corrected chi connectivity index (χ3v) is 3.63. The van der Waals surface area contributed by atoms with Crippen LogP contribution in [0.3, 0.4) is 0 Å². The van der Waals surface area contributed by atoms with Crippen LogP contribution in [0.2, 0.25) is 0 Å². The molecule has 0 aromatic heterocycles. The smallest absolute Gasteiger partial charge is 0.101 e. The van der Waals surface area contributed by atoms with E-state index in [1.54, 1.807) is 0 Å². The summed E-state index contributed by atoms with van der Waals surface area (Å²) in [5.74, 6) is 0. The Morgan fingerprint density at radius 2 is 2.06 bits per heavy atom. The van der Waals surface area contributed by atoms with Crippen LogP contribution in [0.5, 0.6) is 0 Å². The molecule has 3 heteroatoms. The fraction of sp³-hybridized carbons (Fsp3) is 0.533. The van der Waals surface area contributed by atoms with Gasteiger partial charge in [0, 0.05) is 20.1 Å². The average molecular weight is 243 g/mol. The van der Waals surface area contributed by atoms with Gasteiger partial charge >= 0.3 is 0 Å². The molecule has 0 saturated carbocycles. The average Bonchev–Trinajstić information content (AvgIpc) is 2.88. The first-order valence-electron chi connectivity index (χ1n) is 6.65. The van der Waals surface area contributed by atoms with Crippen molar-refractivity contribution in [3.8, 4) is 6.07 Å². The highest BCUT2D eigenvalue weighted by Crippen LogP contribution is 2.20. The van der Waals surface area contributed by atoms with E-state index in [0.29, 0.717) is 0 Å². The Bertz CT molecular complexity index is 442. The van der Waals surface area contributed by atoms with E-state index < -0.39 is 0 Å². The van der Waals surface area contributed by atoms with E-state index >= 15 is 0 Å². The van der Waals surface area contributed by atoms with Gasteiger partial charge in [0.2, 0.25) is 0 Å². The van der Waals surface area contributed by atoms with Crippen molar-refractivity contribution in [2.24, 2.45) is 0 Å². The molecule has 1 aromatic rings. The second kappa shape index (κ2) is 5.88. The Morgan fingerprint density at radius 1 is 1.33 bits per heavy atom. The molecule has 0 radical (unpaired) electrons. The lowest BCUT2D eigenvalue weighted by Crippen LogP contribution is -2.31. The molecule has 18 heavy (non-hydrogen) atoms. The highest BCUT2D eigenvalue weighted by molar-refractivity contribution is 5.59. The molecule has 1 saturated heterocycles. The molecule has 1 aliphatic rings. The molecule has 0 aliphatic carbocycles. The number of hydrogen-bond acceptors (Lipinski definition) is 3. The summed E-state index contributed by atoms with van der Waals surface area (Å²) in [6, 6.07) is 8.38. The molecule has 0 atom stereocenters. The van der Waals surface area contributed by atoms with E-state index in [2.05, 4.69) is 35.0 Å². The Labute approximate surface area is 110 Å². The topological polar surface area (TPSA) is 30.3 Å². The van der Waals surface area contributed by atoms with Crippen LogP contribution in [0.25, 0.3) is 0 Å². The third kappa shape index (κ3) is 3.02. The zero-order valence-corrected chi connectivity index (χ0v) is 11.3. The third-order valence-electron chi connectivity index (χ3n) is 3.63. The fourth-order valence-corrected chi connectivity index (χ4v) is 2.49. The van der Waals surface area contributed by atoms with E-state index in [-0.39, 0.29) is 0 Å². The van der Waals surface area contributed by atoms with Crippen molar-refractivity contribution in [2.75, 3.05) is 38.1 Å². The van der Waals surface area contributed by atoms with Gasteiger partial charge in [-0.15, -0.1) is 0 Å². The number of hydrogen-bond donors (Lipinski definition) is 0. The van der Waals surface area contributed by atoms with Crippen LogP contribution in [0, 0.1) is 18.3 Å². The minimum atomic E-state index is 0.777. The highest BCUT2D eigenvalue weighted by atomic mass is 15.2. The van der Waals surface area contributed by atoms with Crippen molar-refractivity contribution in [2.45, 2.75) is 19.8 Å². The van der Waals surface area contributed by atoms with Gasteiger partial charge in [0.1, 0.15) is 6.07 Å². The van der Waals surface area contributed by atoms with Gasteiger partial charge in [-0.3, -0.25) is 0 Å². The van der Waals surface area contributed by atoms with Gasteiger partial charge in [0.25, 0.3) is 0 Å². The van der Waals surface area contributed by atoms with Crippen LogP contribution < -0.4 is 4.90 Å². The molecule has 0 bridgehead atoms. The molecule has 1 aliphatic heterocycles. The lowest BCUT2D eigenvalue weighted by Gasteiger charge is -2.24. The number of nitriles is 1. The van der Waals surface area contributed by atoms with Crippen molar-refractivity contribution in [3.05, 3.63) is 29.3 Å². The molecular formula is C15H21N3.